The molecule has 6 rings (SSSR count). The second-order valence-electron chi connectivity index (χ2n) is 12.0. The van der Waals surface area contributed by atoms with Crippen molar-refractivity contribution >= 4 is 16.7 Å². The van der Waals surface area contributed by atoms with E-state index in [9.17, 15) is 9.59 Å². The molecule has 0 aliphatic carbocycles. The standard InChI is InChI=1S/C36H42FN5O2/c1-2-31(27-12-4-3-5-13-27)38-35(43)34-28-14-6-7-15-29(28)36(44)42(32-17-9-8-16-30(32)37)33(34)26-41-24-22-40(23-25-41)21-20-39-18-10-11-19-39/h3-9,12-17,31H,2,10-11,18-26H2,1H3,(H,38,43)/t31-/m0/s1. The number of halogens is 1. The van der Waals surface area contributed by atoms with Crippen LogP contribution in [0.1, 0.15) is 53.8 Å². The Labute approximate surface area is 258 Å². The molecule has 4 aromatic rings. The quantitative estimate of drug-likeness (QED) is 0.272. The molecule has 2 fully saturated rings. The molecule has 0 saturated carbocycles. The number of amides is 1. The van der Waals surface area contributed by atoms with Crippen LogP contribution in [0.25, 0.3) is 16.5 Å². The van der Waals surface area contributed by atoms with Gasteiger partial charge in [0, 0.05) is 56.6 Å². The number of benzene rings is 3. The Bertz CT molecular complexity index is 1640. The molecule has 1 atom stereocenters. The summed E-state index contributed by atoms with van der Waals surface area (Å²) in [6.07, 6.45) is 3.29. The largest absolute Gasteiger partial charge is 0.345 e. The Morgan fingerprint density at radius 2 is 1.36 bits per heavy atom. The predicted molar refractivity (Wildman–Crippen MR) is 174 cm³/mol. The molecule has 2 saturated heterocycles. The van der Waals surface area contributed by atoms with Crippen LogP contribution in [-0.4, -0.2) is 77.5 Å². The van der Waals surface area contributed by atoms with Crippen molar-refractivity contribution in [2.24, 2.45) is 0 Å². The molecular formula is C36H42FN5O2. The van der Waals surface area contributed by atoms with E-state index in [1.54, 1.807) is 30.3 Å². The van der Waals surface area contributed by atoms with E-state index < -0.39 is 5.82 Å². The van der Waals surface area contributed by atoms with Crippen LogP contribution in [0.3, 0.4) is 0 Å². The number of piperazine rings is 1. The Hall–Kier alpha value is -3.85. The fourth-order valence-corrected chi connectivity index (χ4v) is 6.70. The molecule has 2 aliphatic heterocycles. The summed E-state index contributed by atoms with van der Waals surface area (Å²) in [5.41, 5.74) is 1.80. The first-order chi connectivity index (χ1) is 21.5. The van der Waals surface area contributed by atoms with Crippen molar-refractivity contribution in [2.75, 3.05) is 52.4 Å². The van der Waals surface area contributed by atoms with Crippen LogP contribution >= 0.6 is 0 Å². The van der Waals surface area contributed by atoms with Crippen molar-refractivity contribution < 1.29 is 9.18 Å². The van der Waals surface area contributed by atoms with Crippen LogP contribution in [0.2, 0.25) is 0 Å². The third-order valence-electron chi connectivity index (χ3n) is 9.19. The molecule has 0 unspecified atom stereocenters. The minimum absolute atomic E-state index is 0.159. The van der Waals surface area contributed by atoms with Gasteiger partial charge in [-0.2, -0.15) is 0 Å². The highest BCUT2D eigenvalue weighted by Gasteiger charge is 2.28. The summed E-state index contributed by atoms with van der Waals surface area (Å²) < 4.78 is 16.9. The highest BCUT2D eigenvalue weighted by Crippen LogP contribution is 2.27. The number of hydrogen-bond donors (Lipinski definition) is 1. The van der Waals surface area contributed by atoms with Gasteiger partial charge in [0.25, 0.3) is 11.5 Å². The number of rotatable bonds is 10. The molecule has 1 amide bonds. The van der Waals surface area contributed by atoms with Crippen LogP contribution < -0.4 is 10.9 Å². The number of carbonyl (C=O) groups excluding carboxylic acids is 1. The van der Waals surface area contributed by atoms with Crippen molar-refractivity contribution in [1.29, 1.82) is 0 Å². The minimum atomic E-state index is -0.500. The van der Waals surface area contributed by atoms with Crippen LogP contribution in [0.4, 0.5) is 4.39 Å². The van der Waals surface area contributed by atoms with Gasteiger partial charge in [-0.05, 0) is 56.1 Å². The Morgan fingerprint density at radius 3 is 2.05 bits per heavy atom. The van der Waals surface area contributed by atoms with Gasteiger partial charge in [-0.1, -0.05) is 67.6 Å². The Balaban J connectivity index is 1.37. The van der Waals surface area contributed by atoms with Crippen molar-refractivity contribution in [2.45, 2.75) is 38.8 Å². The Morgan fingerprint density at radius 1 is 0.773 bits per heavy atom. The topological polar surface area (TPSA) is 60.8 Å². The summed E-state index contributed by atoms with van der Waals surface area (Å²) in [6, 6.07) is 23.2. The van der Waals surface area contributed by atoms with Gasteiger partial charge < -0.3 is 10.2 Å². The number of nitrogens with one attached hydrogen (secondary N) is 1. The van der Waals surface area contributed by atoms with Gasteiger partial charge in [0.15, 0.2) is 0 Å². The lowest BCUT2D eigenvalue weighted by Crippen LogP contribution is -2.48. The number of para-hydroxylation sites is 1. The summed E-state index contributed by atoms with van der Waals surface area (Å²) in [6.45, 7) is 10.4. The average Bonchev–Trinajstić information content (AvgIpc) is 3.58. The van der Waals surface area contributed by atoms with Crippen molar-refractivity contribution in [3.63, 3.8) is 0 Å². The van der Waals surface area contributed by atoms with Gasteiger partial charge in [-0.25, -0.2) is 4.39 Å². The van der Waals surface area contributed by atoms with E-state index in [0.717, 1.165) is 44.8 Å². The fraction of sp³-hybridized carbons (Fsp3) is 0.389. The molecular weight excluding hydrogens is 553 g/mol. The van der Waals surface area contributed by atoms with Gasteiger partial charge in [0.1, 0.15) is 5.82 Å². The number of likely N-dealkylation sites (tertiary alicyclic amines) is 1. The lowest BCUT2D eigenvalue weighted by Gasteiger charge is -2.36. The summed E-state index contributed by atoms with van der Waals surface area (Å²) >= 11 is 0. The van der Waals surface area contributed by atoms with Crippen molar-refractivity contribution in [3.05, 3.63) is 112 Å². The molecule has 1 aromatic heterocycles. The van der Waals surface area contributed by atoms with E-state index in [1.807, 2.05) is 49.4 Å². The summed E-state index contributed by atoms with van der Waals surface area (Å²) in [4.78, 5) is 35.8. The van der Waals surface area contributed by atoms with Crippen LogP contribution in [-0.2, 0) is 6.54 Å². The maximum Gasteiger partial charge on any atom is 0.263 e. The van der Waals surface area contributed by atoms with Crippen molar-refractivity contribution in [3.8, 4) is 5.69 Å². The van der Waals surface area contributed by atoms with E-state index >= 15 is 4.39 Å². The van der Waals surface area contributed by atoms with Crippen LogP contribution in [0.15, 0.2) is 83.7 Å². The third kappa shape index (κ3) is 6.48. The molecule has 0 spiro atoms. The summed E-state index contributed by atoms with van der Waals surface area (Å²) in [7, 11) is 0. The second kappa shape index (κ2) is 13.8. The highest BCUT2D eigenvalue weighted by atomic mass is 19.1. The lowest BCUT2D eigenvalue weighted by atomic mass is 9.99. The molecule has 0 radical (unpaired) electrons. The summed E-state index contributed by atoms with van der Waals surface area (Å²) in [5.74, 6) is -0.763. The first-order valence-corrected chi connectivity index (χ1v) is 16.0. The molecule has 44 heavy (non-hydrogen) atoms. The van der Waals surface area contributed by atoms with E-state index in [0.29, 0.717) is 35.0 Å². The minimum Gasteiger partial charge on any atom is -0.345 e. The maximum absolute atomic E-state index is 15.4. The first-order valence-electron chi connectivity index (χ1n) is 16.0. The van der Waals surface area contributed by atoms with Gasteiger partial charge in [-0.15, -0.1) is 0 Å². The van der Waals surface area contributed by atoms with E-state index in [-0.39, 0.29) is 23.2 Å². The number of hydrogen-bond acceptors (Lipinski definition) is 5. The van der Waals surface area contributed by atoms with Gasteiger partial charge in [-0.3, -0.25) is 24.0 Å². The smallest absolute Gasteiger partial charge is 0.263 e. The maximum atomic E-state index is 15.4. The molecule has 3 heterocycles. The van der Waals surface area contributed by atoms with E-state index in [2.05, 4.69) is 20.0 Å². The third-order valence-corrected chi connectivity index (χ3v) is 9.19. The molecule has 2 aliphatic rings. The molecule has 8 heteroatoms. The normalized spacial score (nSPS) is 17.2. The second-order valence-corrected chi connectivity index (χ2v) is 12.0. The molecule has 1 N–H and O–H groups in total. The molecule has 7 nitrogen and oxygen atoms in total. The SMILES string of the molecule is CC[C@H](NC(=O)c1c(CN2CCN(CCN3CCCC3)CC2)n(-c2ccccc2F)c(=O)c2ccccc12)c1ccccc1. The zero-order valence-corrected chi connectivity index (χ0v) is 25.6. The van der Waals surface area contributed by atoms with E-state index in [1.165, 1.54) is 36.6 Å². The fourth-order valence-electron chi connectivity index (χ4n) is 6.70. The average molecular weight is 596 g/mol. The number of pyridine rings is 1. The zero-order valence-electron chi connectivity index (χ0n) is 25.6. The number of nitrogens with zero attached hydrogens (tertiary/aromatic N) is 4. The summed E-state index contributed by atoms with van der Waals surface area (Å²) in [5, 5.41) is 4.23. The monoisotopic (exact) mass is 595 g/mol. The molecule has 0 bridgehead atoms. The lowest BCUT2D eigenvalue weighted by molar-refractivity contribution is 0.0929. The zero-order chi connectivity index (χ0) is 30.5. The molecule has 3 aromatic carbocycles. The molecule has 230 valence electrons. The van der Waals surface area contributed by atoms with Crippen LogP contribution in [0, 0.1) is 5.82 Å². The number of carbonyl (C=O) groups is 1. The van der Waals surface area contributed by atoms with Crippen LogP contribution in [0.5, 0.6) is 0 Å². The first kappa shape index (κ1) is 30.2. The number of fused-ring (bicyclic) bond motifs is 1. The van der Waals surface area contributed by atoms with E-state index in [4.69, 9.17) is 0 Å². The van der Waals surface area contributed by atoms with Crippen molar-refractivity contribution in [1.82, 2.24) is 24.6 Å². The van der Waals surface area contributed by atoms with Gasteiger partial charge in [0.05, 0.1) is 23.0 Å². The van der Waals surface area contributed by atoms with Gasteiger partial charge in [0.2, 0.25) is 0 Å². The Kier molecular flexibility index (Phi) is 9.50. The van der Waals surface area contributed by atoms with Gasteiger partial charge >= 0.3 is 0 Å². The highest BCUT2D eigenvalue weighted by molar-refractivity contribution is 6.08. The predicted octanol–water partition coefficient (Wildman–Crippen LogP) is 5.22. The number of aromatic nitrogens is 1.